The molecule has 1 heterocycles. The maximum atomic E-state index is 12.9. The van der Waals surface area contributed by atoms with Crippen molar-refractivity contribution in [2.45, 2.75) is 25.4 Å². The van der Waals surface area contributed by atoms with Gasteiger partial charge in [-0.2, -0.15) is 13.2 Å². The zero-order valence-corrected chi connectivity index (χ0v) is 11.2. The van der Waals surface area contributed by atoms with Crippen LogP contribution in [0.1, 0.15) is 25.1 Å². The minimum atomic E-state index is -4.54. The number of para-hydroxylation sites is 1. The molecule has 2 aromatic rings. The van der Waals surface area contributed by atoms with Crippen molar-refractivity contribution in [3.63, 3.8) is 0 Å². The van der Waals surface area contributed by atoms with Crippen molar-refractivity contribution in [2.24, 2.45) is 0 Å². The van der Waals surface area contributed by atoms with Gasteiger partial charge in [-0.25, -0.2) is 4.68 Å². The summed E-state index contributed by atoms with van der Waals surface area (Å²) in [5.41, 5.74) is -2.34. The smallest absolute Gasteiger partial charge is 0.418 e. The van der Waals surface area contributed by atoms with Crippen LogP contribution in [0.2, 0.25) is 0 Å². The molecule has 0 saturated heterocycles. The number of carbonyl (C=O) groups is 1. The van der Waals surface area contributed by atoms with Gasteiger partial charge in [0.05, 0.1) is 23.1 Å². The molecule has 1 N–H and O–H groups in total. The van der Waals surface area contributed by atoms with Crippen LogP contribution in [0, 0.1) is 0 Å². The second-order valence-corrected chi connectivity index (χ2v) is 4.99. The average Bonchev–Trinajstić information content (AvgIpc) is 2.87. The van der Waals surface area contributed by atoms with E-state index in [2.05, 4.69) is 10.3 Å². The SMILES string of the molecule is CC(C)(C(=O)O)c1cn(-c2ccccc2C(F)(F)F)nn1. The van der Waals surface area contributed by atoms with Crippen molar-refractivity contribution < 1.29 is 23.1 Å². The first kappa shape index (κ1) is 15.0. The van der Waals surface area contributed by atoms with E-state index in [4.69, 9.17) is 5.11 Å². The van der Waals surface area contributed by atoms with Gasteiger partial charge in [-0.05, 0) is 26.0 Å². The number of halogens is 3. The van der Waals surface area contributed by atoms with Gasteiger partial charge in [0.25, 0.3) is 0 Å². The first-order valence-corrected chi connectivity index (χ1v) is 5.97. The molecule has 5 nitrogen and oxygen atoms in total. The van der Waals surface area contributed by atoms with Gasteiger partial charge in [-0.15, -0.1) is 5.10 Å². The fourth-order valence-corrected chi connectivity index (χ4v) is 1.69. The molecule has 0 atom stereocenters. The number of nitrogens with zero attached hydrogens (tertiary/aromatic N) is 3. The Morgan fingerprint density at radius 3 is 2.43 bits per heavy atom. The van der Waals surface area contributed by atoms with E-state index in [9.17, 15) is 18.0 Å². The predicted molar refractivity (Wildman–Crippen MR) is 67.0 cm³/mol. The molecule has 0 saturated carbocycles. The van der Waals surface area contributed by atoms with Crippen LogP contribution >= 0.6 is 0 Å². The van der Waals surface area contributed by atoms with Crippen LogP contribution < -0.4 is 0 Å². The lowest BCUT2D eigenvalue weighted by atomic mass is 9.90. The van der Waals surface area contributed by atoms with Crippen LogP contribution in [0.5, 0.6) is 0 Å². The van der Waals surface area contributed by atoms with Gasteiger partial charge in [0.2, 0.25) is 0 Å². The van der Waals surface area contributed by atoms with Crippen molar-refractivity contribution >= 4 is 5.97 Å². The van der Waals surface area contributed by atoms with E-state index in [1.807, 2.05) is 0 Å². The number of hydrogen-bond acceptors (Lipinski definition) is 3. The topological polar surface area (TPSA) is 68.0 Å². The summed E-state index contributed by atoms with van der Waals surface area (Å²) in [6, 6.07) is 4.88. The minimum absolute atomic E-state index is 0.0759. The Morgan fingerprint density at radius 2 is 1.86 bits per heavy atom. The van der Waals surface area contributed by atoms with Gasteiger partial charge in [-0.3, -0.25) is 4.79 Å². The molecule has 2 rings (SSSR count). The van der Waals surface area contributed by atoms with E-state index in [1.54, 1.807) is 0 Å². The van der Waals surface area contributed by atoms with Crippen LogP contribution in [0.15, 0.2) is 30.5 Å². The second-order valence-electron chi connectivity index (χ2n) is 4.99. The highest BCUT2D eigenvalue weighted by Gasteiger charge is 2.36. The molecule has 21 heavy (non-hydrogen) atoms. The number of benzene rings is 1. The van der Waals surface area contributed by atoms with E-state index in [0.717, 1.165) is 10.7 Å². The van der Waals surface area contributed by atoms with Gasteiger partial charge in [0.15, 0.2) is 0 Å². The number of carboxylic acids is 1. The normalized spacial score (nSPS) is 12.4. The molecule has 0 fully saturated rings. The van der Waals surface area contributed by atoms with Crippen LogP contribution in [-0.4, -0.2) is 26.1 Å². The number of aliphatic carboxylic acids is 1. The van der Waals surface area contributed by atoms with E-state index < -0.39 is 23.1 Å². The summed E-state index contributed by atoms with van der Waals surface area (Å²) in [4.78, 5) is 11.1. The molecule has 112 valence electrons. The van der Waals surface area contributed by atoms with Crippen molar-refractivity contribution in [3.8, 4) is 5.69 Å². The maximum Gasteiger partial charge on any atom is 0.418 e. The number of hydrogen-bond donors (Lipinski definition) is 1. The summed E-state index contributed by atoms with van der Waals surface area (Å²) in [5, 5.41) is 16.4. The van der Waals surface area contributed by atoms with Gasteiger partial charge < -0.3 is 5.11 Å². The Morgan fingerprint density at radius 1 is 1.24 bits per heavy atom. The number of aromatic nitrogens is 3. The first-order chi connectivity index (χ1) is 9.64. The Hall–Kier alpha value is -2.38. The molecule has 0 bridgehead atoms. The number of rotatable bonds is 3. The highest BCUT2D eigenvalue weighted by molar-refractivity contribution is 5.79. The molecule has 0 aliphatic heterocycles. The first-order valence-electron chi connectivity index (χ1n) is 5.97. The van der Waals surface area contributed by atoms with E-state index >= 15 is 0 Å². The largest absolute Gasteiger partial charge is 0.481 e. The highest BCUT2D eigenvalue weighted by atomic mass is 19.4. The standard InChI is InChI=1S/C13H12F3N3O2/c1-12(2,11(20)21)10-7-19(18-17-10)9-6-4-3-5-8(9)13(14,15)16/h3-7H,1-2H3,(H,20,21). The summed E-state index contributed by atoms with van der Waals surface area (Å²) in [6.07, 6.45) is -3.34. The Balaban J connectivity index is 2.51. The summed E-state index contributed by atoms with van der Waals surface area (Å²) in [5.74, 6) is -1.14. The molecule has 0 spiro atoms. The number of carboxylic acid groups (broad SMARTS) is 1. The van der Waals surface area contributed by atoms with E-state index in [0.29, 0.717) is 0 Å². The average molecular weight is 299 g/mol. The Bertz CT molecular complexity index is 677. The third kappa shape index (κ3) is 2.74. The predicted octanol–water partition coefficient (Wildman–Crippen LogP) is 2.65. The van der Waals surface area contributed by atoms with E-state index in [1.165, 1.54) is 38.2 Å². The molecule has 0 aliphatic rings. The monoisotopic (exact) mass is 299 g/mol. The van der Waals surface area contributed by atoms with Crippen molar-refractivity contribution in [1.82, 2.24) is 15.0 Å². The molecule has 0 unspecified atom stereocenters. The minimum Gasteiger partial charge on any atom is -0.481 e. The van der Waals surface area contributed by atoms with Gasteiger partial charge >= 0.3 is 12.1 Å². The second kappa shape index (κ2) is 4.87. The molecule has 1 aromatic heterocycles. The van der Waals surface area contributed by atoms with Crippen molar-refractivity contribution in [2.75, 3.05) is 0 Å². The quantitative estimate of drug-likeness (QED) is 0.946. The third-order valence-electron chi connectivity index (χ3n) is 3.12. The van der Waals surface area contributed by atoms with Gasteiger partial charge in [0, 0.05) is 0 Å². The number of alkyl halides is 3. The molecule has 0 aliphatic carbocycles. The third-order valence-corrected chi connectivity index (χ3v) is 3.12. The molecule has 1 aromatic carbocycles. The Labute approximate surface area is 118 Å². The van der Waals surface area contributed by atoms with Crippen LogP contribution in [0.25, 0.3) is 5.69 Å². The van der Waals surface area contributed by atoms with Crippen molar-refractivity contribution in [3.05, 3.63) is 41.7 Å². The summed E-state index contributed by atoms with van der Waals surface area (Å²) >= 11 is 0. The maximum absolute atomic E-state index is 12.9. The Kier molecular flexibility index (Phi) is 3.48. The fraction of sp³-hybridized carbons (Fsp3) is 0.308. The van der Waals surface area contributed by atoms with Gasteiger partial charge in [-0.1, -0.05) is 17.3 Å². The molecular weight excluding hydrogens is 287 g/mol. The van der Waals surface area contributed by atoms with Crippen LogP contribution in [-0.2, 0) is 16.4 Å². The lowest BCUT2D eigenvalue weighted by Crippen LogP contribution is -2.28. The zero-order chi connectivity index (χ0) is 15.8. The lowest BCUT2D eigenvalue weighted by Gasteiger charge is -2.15. The lowest BCUT2D eigenvalue weighted by molar-refractivity contribution is -0.142. The molecule has 0 radical (unpaired) electrons. The summed E-state index contributed by atoms with van der Waals surface area (Å²) in [7, 11) is 0. The zero-order valence-electron chi connectivity index (χ0n) is 11.2. The summed E-state index contributed by atoms with van der Waals surface area (Å²) < 4.78 is 39.8. The van der Waals surface area contributed by atoms with Gasteiger partial charge in [0.1, 0.15) is 5.41 Å². The molecule has 0 amide bonds. The van der Waals surface area contributed by atoms with E-state index in [-0.39, 0.29) is 11.4 Å². The molecular formula is C13H12F3N3O2. The molecule has 8 heteroatoms. The van der Waals surface area contributed by atoms with Crippen molar-refractivity contribution in [1.29, 1.82) is 0 Å². The summed E-state index contributed by atoms with van der Waals surface area (Å²) in [6.45, 7) is 2.80. The van der Waals surface area contributed by atoms with Crippen LogP contribution in [0.3, 0.4) is 0 Å². The fourth-order valence-electron chi connectivity index (χ4n) is 1.69. The highest BCUT2D eigenvalue weighted by Crippen LogP contribution is 2.33. The van der Waals surface area contributed by atoms with Crippen LogP contribution in [0.4, 0.5) is 13.2 Å².